The van der Waals surface area contributed by atoms with Gasteiger partial charge in [-0.25, -0.2) is 5.84 Å². The number of aromatic nitrogens is 1. The molecule has 1 aromatic carbocycles. The Bertz CT molecular complexity index is 608. The molecule has 0 saturated heterocycles. The summed E-state index contributed by atoms with van der Waals surface area (Å²) in [6.07, 6.45) is 0. The van der Waals surface area contributed by atoms with Crippen molar-refractivity contribution in [3.05, 3.63) is 39.5 Å². The molecular weight excluding hydrogens is 261 g/mol. The molecule has 1 heterocycles. The number of fused-ring (bicyclic) bond motifs is 1. The molecular formula is C11H9Cl2N3O. The summed E-state index contributed by atoms with van der Waals surface area (Å²) in [5, 5.41) is 1.39. The third-order valence-corrected chi connectivity index (χ3v) is 2.85. The van der Waals surface area contributed by atoms with Gasteiger partial charge < -0.3 is 0 Å². The molecule has 88 valence electrons. The van der Waals surface area contributed by atoms with E-state index in [2.05, 4.69) is 10.4 Å². The van der Waals surface area contributed by atoms with Crippen LogP contribution < -0.4 is 11.3 Å². The first-order valence-corrected chi connectivity index (χ1v) is 5.56. The zero-order valence-corrected chi connectivity index (χ0v) is 10.4. The zero-order chi connectivity index (χ0) is 12.6. The molecule has 6 heteroatoms. The number of hydrogen-bond donors (Lipinski definition) is 2. The van der Waals surface area contributed by atoms with Gasteiger partial charge in [-0.3, -0.25) is 15.2 Å². The van der Waals surface area contributed by atoms with Crippen LogP contribution in [0, 0.1) is 6.92 Å². The molecule has 4 nitrogen and oxygen atoms in total. The van der Waals surface area contributed by atoms with Gasteiger partial charge in [0.2, 0.25) is 0 Å². The average molecular weight is 270 g/mol. The number of benzene rings is 1. The largest absolute Gasteiger partial charge is 0.290 e. The summed E-state index contributed by atoms with van der Waals surface area (Å²) in [4.78, 5) is 15.9. The van der Waals surface area contributed by atoms with E-state index < -0.39 is 5.91 Å². The van der Waals surface area contributed by atoms with Gasteiger partial charge in [0.25, 0.3) is 5.91 Å². The number of hydrogen-bond acceptors (Lipinski definition) is 3. The second-order valence-electron chi connectivity index (χ2n) is 3.57. The highest BCUT2D eigenvalue weighted by Crippen LogP contribution is 2.29. The summed E-state index contributed by atoms with van der Waals surface area (Å²) >= 11 is 12.0. The van der Waals surface area contributed by atoms with Gasteiger partial charge in [-0.1, -0.05) is 23.2 Å². The monoisotopic (exact) mass is 269 g/mol. The number of rotatable bonds is 1. The normalized spacial score (nSPS) is 10.6. The lowest BCUT2D eigenvalue weighted by molar-refractivity contribution is 0.0955. The Morgan fingerprint density at radius 1 is 1.35 bits per heavy atom. The van der Waals surface area contributed by atoms with Crippen molar-refractivity contribution in [3.63, 3.8) is 0 Å². The van der Waals surface area contributed by atoms with E-state index >= 15 is 0 Å². The fourth-order valence-electron chi connectivity index (χ4n) is 1.67. The van der Waals surface area contributed by atoms with Gasteiger partial charge in [-0.2, -0.15) is 0 Å². The van der Waals surface area contributed by atoms with E-state index in [4.69, 9.17) is 29.0 Å². The lowest BCUT2D eigenvalue weighted by Gasteiger charge is -2.08. The average Bonchev–Trinajstić information content (AvgIpc) is 2.25. The van der Waals surface area contributed by atoms with Crippen molar-refractivity contribution in [1.82, 2.24) is 10.4 Å². The Hall–Kier alpha value is -1.36. The molecule has 2 rings (SSSR count). The fraction of sp³-hybridized carbons (Fsp3) is 0.0909. The van der Waals surface area contributed by atoms with Gasteiger partial charge >= 0.3 is 0 Å². The van der Waals surface area contributed by atoms with Gasteiger partial charge in [0.1, 0.15) is 0 Å². The van der Waals surface area contributed by atoms with Crippen molar-refractivity contribution in [2.75, 3.05) is 0 Å². The highest BCUT2D eigenvalue weighted by atomic mass is 35.5. The molecule has 0 bridgehead atoms. The van der Waals surface area contributed by atoms with E-state index in [9.17, 15) is 4.79 Å². The van der Waals surface area contributed by atoms with Crippen LogP contribution in [0.3, 0.4) is 0 Å². The van der Waals surface area contributed by atoms with Crippen LogP contribution in [0.2, 0.25) is 10.0 Å². The third kappa shape index (κ3) is 2.20. The Labute approximate surface area is 108 Å². The number of nitrogens with two attached hydrogens (primary N) is 1. The Kier molecular flexibility index (Phi) is 3.19. The van der Waals surface area contributed by atoms with E-state index in [1.54, 1.807) is 25.1 Å². The van der Waals surface area contributed by atoms with Crippen molar-refractivity contribution in [2.45, 2.75) is 6.92 Å². The third-order valence-electron chi connectivity index (χ3n) is 2.33. The minimum atomic E-state index is -0.412. The van der Waals surface area contributed by atoms with Crippen molar-refractivity contribution in [1.29, 1.82) is 0 Å². The molecule has 17 heavy (non-hydrogen) atoms. The van der Waals surface area contributed by atoms with Crippen LogP contribution in [0.1, 0.15) is 16.1 Å². The van der Waals surface area contributed by atoms with Gasteiger partial charge in [-0.15, -0.1) is 0 Å². The van der Waals surface area contributed by atoms with E-state index in [0.717, 1.165) is 0 Å². The predicted molar refractivity (Wildman–Crippen MR) is 68.2 cm³/mol. The molecule has 0 aliphatic heterocycles. The highest BCUT2D eigenvalue weighted by Gasteiger charge is 2.14. The van der Waals surface area contributed by atoms with Crippen molar-refractivity contribution < 1.29 is 4.79 Å². The second-order valence-corrected chi connectivity index (χ2v) is 4.41. The van der Waals surface area contributed by atoms with Crippen LogP contribution in [-0.2, 0) is 0 Å². The predicted octanol–water partition coefficient (Wildman–Crippen LogP) is 2.45. The molecule has 0 spiro atoms. The molecule has 0 radical (unpaired) electrons. The lowest BCUT2D eigenvalue weighted by Crippen LogP contribution is -2.30. The maximum absolute atomic E-state index is 11.7. The summed E-state index contributed by atoms with van der Waals surface area (Å²) in [5.74, 6) is 4.72. The van der Waals surface area contributed by atoms with Crippen LogP contribution in [0.25, 0.3) is 10.9 Å². The quantitative estimate of drug-likeness (QED) is 0.475. The summed E-state index contributed by atoms with van der Waals surface area (Å²) < 4.78 is 0. The van der Waals surface area contributed by atoms with Crippen LogP contribution in [-0.4, -0.2) is 10.9 Å². The molecule has 1 aromatic heterocycles. The number of amides is 1. The van der Waals surface area contributed by atoms with Crippen molar-refractivity contribution in [2.24, 2.45) is 5.84 Å². The summed E-state index contributed by atoms with van der Waals surface area (Å²) in [5.41, 5.74) is 3.73. The molecule has 0 fully saturated rings. The van der Waals surface area contributed by atoms with Gasteiger partial charge in [0.05, 0.1) is 16.1 Å². The Morgan fingerprint density at radius 3 is 2.71 bits per heavy atom. The highest BCUT2D eigenvalue weighted by molar-refractivity contribution is 6.39. The Balaban J connectivity index is 2.87. The van der Waals surface area contributed by atoms with Crippen molar-refractivity contribution >= 4 is 40.0 Å². The number of halogens is 2. The fourth-order valence-corrected chi connectivity index (χ4v) is 2.26. The summed E-state index contributed by atoms with van der Waals surface area (Å²) in [6, 6.07) is 4.85. The van der Waals surface area contributed by atoms with Crippen molar-refractivity contribution in [3.8, 4) is 0 Å². The molecule has 1 amide bonds. The first kappa shape index (κ1) is 12.1. The summed E-state index contributed by atoms with van der Waals surface area (Å²) in [7, 11) is 0. The van der Waals surface area contributed by atoms with E-state index in [1.807, 2.05) is 0 Å². The second kappa shape index (κ2) is 4.49. The van der Waals surface area contributed by atoms with Crippen LogP contribution in [0.4, 0.5) is 0 Å². The topological polar surface area (TPSA) is 68.0 Å². The maximum atomic E-state index is 11.7. The SMILES string of the molecule is Cc1cc(C(=O)NN)c2c(Cl)cc(Cl)cc2n1. The lowest BCUT2D eigenvalue weighted by atomic mass is 10.1. The number of carbonyl (C=O) groups excluding carboxylic acids is 1. The minimum Gasteiger partial charge on any atom is -0.290 e. The molecule has 3 N–H and O–H groups in total. The minimum absolute atomic E-state index is 0.374. The van der Waals surface area contributed by atoms with Crippen LogP contribution in [0.5, 0.6) is 0 Å². The molecule has 0 aliphatic carbocycles. The Morgan fingerprint density at radius 2 is 2.06 bits per heavy atom. The number of carbonyl (C=O) groups is 1. The first-order valence-electron chi connectivity index (χ1n) is 4.80. The smallest absolute Gasteiger partial charge is 0.265 e. The number of nitrogens with one attached hydrogen (secondary N) is 1. The van der Waals surface area contributed by atoms with Crippen LogP contribution >= 0.6 is 23.2 Å². The molecule has 2 aromatic rings. The summed E-state index contributed by atoms with van der Waals surface area (Å²) in [6.45, 7) is 1.78. The standard InChI is InChI=1S/C11H9Cl2N3O/c1-5-2-7(11(17)16-14)10-8(13)3-6(12)4-9(10)15-5/h2-4H,14H2,1H3,(H,16,17). The number of hydrazine groups is 1. The molecule has 0 aliphatic rings. The molecule has 0 unspecified atom stereocenters. The van der Waals surface area contributed by atoms with Gasteiger partial charge in [0.15, 0.2) is 0 Å². The van der Waals surface area contributed by atoms with E-state index in [1.165, 1.54) is 0 Å². The number of nitrogens with zero attached hydrogens (tertiary/aromatic N) is 1. The van der Waals surface area contributed by atoms with Crippen LogP contribution in [0.15, 0.2) is 18.2 Å². The number of nitrogen functional groups attached to an aromatic ring is 1. The first-order chi connectivity index (χ1) is 8.02. The number of pyridine rings is 1. The van der Waals surface area contributed by atoms with Gasteiger partial charge in [0, 0.05) is 16.1 Å². The van der Waals surface area contributed by atoms with E-state index in [-0.39, 0.29) is 0 Å². The van der Waals surface area contributed by atoms with Gasteiger partial charge in [-0.05, 0) is 25.1 Å². The number of aryl methyl sites for hydroxylation is 1. The molecule has 0 atom stereocenters. The maximum Gasteiger partial charge on any atom is 0.265 e. The molecule has 0 saturated carbocycles. The zero-order valence-electron chi connectivity index (χ0n) is 8.92. The van der Waals surface area contributed by atoms with E-state index in [0.29, 0.717) is 32.2 Å².